The highest BCUT2D eigenvalue weighted by atomic mass is 79.9. The highest BCUT2D eigenvalue weighted by Gasteiger charge is 2.26. The Balaban J connectivity index is 1.64. The standard InChI is InChI=1S/C25H24BrNO3S/c1-2-3-4-5-14-30-20-10-8-19(9-11-20)27-21-12-6-17(25(28)29)15-23(21)31-24-16-18(26)7-13-22(24)27/h6-13,15-16H,2-5,14H2,1H3,(H,28,29). The molecule has 31 heavy (non-hydrogen) atoms. The third-order valence-electron chi connectivity index (χ3n) is 5.19. The molecule has 0 bridgehead atoms. The molecule has 0 saturated heterocycles. The molecule has 0 radical (unpaired) electrons. The van der Waals surface area contributed by atoms with Crippen molar-refractivity contribution in [3.8, 4) is 5.75 Å². The van der Waals surface area contributed by atoms with Gasteiger partial charge in [-0.3, -0.25) is 0 Å². The van der Waals surface area contributed by atoms with Crippen LogP contribution >= 0.6 is 27.7 Å². The van der Waals surface area contributed by atoms with E-state index in [1.165, 1.54) is 19.3 Å². The molecule has 1 aliphatic rings. The Labute approximate surface area is 195 Å². The molecule has 6 heteroatoms. The predicted octanol–water partition coefficient (Wildman–Crippen LogP) is 8.04. The molecular weight excluding hydrogens is 474 g/mol. The van der Waals surface area contributed by atoms with E-state index in [9.17, 15) is 9.90 Å². The van der Waals surface area contributed by atoms with Crippen LogP contribution in [-0.4, -0.2) is 17.7 Å². The van der Waals surface area contributed by atoms with Crippen molar-refractivity contribution in [3.63, 3.8) is 0 Å². The number of anilines is 3. The maximum atomic E-state index is 11.5. The fourth-order valence-corrected chi connectivity index (χ4v) is 5.25. The van der Waals surface area contributed by atoms with Gasteiger partial charge in [0.2, 0.25) is 0 Å². The fourth-order valence-electron chi connectivity index (χ4n) is 3.60. The molecule has 0 fully saturated rings. The largest absolute Gasteiger partial charge is 0.494 e. The Morgan fingerprint density at radius 3 is 2.39 bits per heavy atom. The highest BCUT2D eigenvalue weighted by Crippen LogP contribution is 2.52. The second kappa shape index (κ2) is 9.79. The van der Waals surface area contributed by atoms with Crippen LogP contribution in [0.5, 0.6) is 5.75 Å². The first-order chi connectivity index (χ1) is 15.1. The van der Waals surface area contributed by atoms with Crippen molar-refractivity contribution in [2.24, 2.45) is 0 Å². The van der Waals surface area contributed by atoms with E-state index in [4.69, 9.17) is 4.74 Å². The molecule has 0 spiro atoms. The minimum Gasteiger partial charge on any atom is -0.494 e. The molecule has 4 nitrogen and oxygen atoms in total. The maximum Gasteiger partial charge on any atom is 0.335 e. The fraction of sp³-hybridized carbons (Fsp3) is 0.240. The summed E-state index contributed by atoms with van der Waals surface area (Å²) in [6.07, 6.45) is 4.73. The van der Waals surface area contributed by atoms with Gasteiger partial charge in [0.25, 0.3) is 0 Å². The Morgan fingerprint density at radius 1 is 0.968 bits per heavy atom. The van der Waals surface area contributed by atoms with Crippen LogP contribution in [0.4, 0.5) is 17.1 Å². The van der Waals surface area contributed by atoms with Crippen LogP contribution in [0.3, 0.4) is 0 Å². The van der Waals surface area contributed by atoms with Crippen LogP contribution in [0.15, 0.2) is 74.9 Å². The summed E-state index contributed by atoms with van der Waals surface area (Å²) in [6.45, 7) is 2.94. The lowest BCUT2D eigenvalue weighted by Crippen LogP contribution is -2.15. The van der Waals surface area contributed by atoms with Crippen molar-refractivity contribution in [2.75, 3.05) is 11.5 Å². The SMILES string of the molecule is CCCCCCOc1ccc(N2c3ccc(Br)cc3Sc3cc(C(=O)O)ccc32)cc1. The number of rotatable bonds is 8. The van der Waals surface area contributed by atoms with Crippen molar-refractivity contribution in [1.82, 2.24) is 0 Å². The average Bonchev–Trinajstić information content (AvgIpc) is 2.77. The van der Waals surface area contributed by atoms with E-state index >= 15 is 0 Å². The summed E-state index contributed by atoms with van der Waals surface area (Å²) in [5, 5.41) is 9.41. The van der Waals surface area contributed by atoms with Gasteiger partial charge in [-0.1, -0.05) is 53.9 Å². The summed E-state index contributed by atoms with van der Waals surface area (Å²) in [7, 11) is 0. The maximum absolute atomic E-state index is 11.5. The van der Waals surface area contributed by atoms with Gasteiger partial charge in [-0.25, -0.2) is 4.79 Å². The quantitative estimate of drug-likeness (QED) is 0.249. The van der Waals surface area contributed by atoms with Crippen LogP contribution in [0.25, 0.3) is 0 Å². The topological polar surface area (TPSA) is 49.8 Å². The second-order valence-corrected chi connectivity index (χ2v) is 9.44. The zero-order valence-electron chi connectivity index (χ0n) is 17.3. The van der Waals surface area contributed by atoms with E-state index in [-0.39, 0.29) is 5.56 Å². The smallest absolute Gasteiger partial charge is 0.335 e. The third-order valence-corrected chi connectivity index (χ3v) is 6.78. The van der Waals surface area contributed by atoms with E-state index in [0.717, 1.165) is 50.1 Å². The zero-order valence-corrected chi connectivity index (χ0v) is 19.7. The number of benzene rings is 3. The van der Waals surface area contributed by atoms with Crippen molar-refractivity contribution in [2.45, 2.75) is 42.4 Å². The molecule has 1 N–H and O–H groups in total. The number of carboxylic acids is 1. The number of nitrogens with zero attached hydrogens (tertiary/aromatic N) is 1. The lowest BCUT2D eigenvalue weighted by Gasteiger charge is -2.33. The number of hydrogen-bond donors (Lipinski definition) is 1. The Hall–Kier alpha value is -2.44. The van der Waals surface area contributed by atoms with E-state index in [1.807, 2.05) is 24.3 Å². The first kappa shape index (κ1) is 21.8. The summed E-state index contributed by atoms with van der Waals surface area (Å²) < 4.78 is 6.89. The van der Waals surface area contributed by atoms with Gasteiger partial charge in [0, 0.05) is 20.0 Å². The highest BCUT2D eigenvalue weighted by molar-refractivity contribution is 9.10. The molecule has 0 aliphatic carbocycles. The molecule has 0 saturated carbocycles. The molecule has 1 aliphatic heterocycles. The third kappa shape index (κ3) is 4.91. The Morgan fingerprint density at radius 2 is 1.68 bits per heavy atom. The van der Waals surface area contributed by atoms with Gasteiger partial charge in [-0.2, -0.15) is 0 Å². The summed E-state index contributed by atoms with van der Waals surface area (Å²) in [6, 6.07) is 19.6. The molecule has 0 unspecified atom stereocenters. The number of fused-ring (bicyclic) bond motifs is 2. The number of unbranched alkanes of at least 4 members (excludes halogenated alkanes) is 3. The number of halogens is 1. The Bertz CT molecular complexity index is 1080. The zero-order chi connectivity index (χ0) is 21.8. The molecular formula is C25H24BrNO3S. The van der Waals surface area contributed by atoms with E-state index < -0.39 is 5.97 Å². The minimum atomic E-state index is -0.921. The van der Waals surface area contributed by atoms with E-state index in [0.29, 0.717) is 0 Å². The molecule has 1 heterocycles. The van der Waals surface area contributed by atoms with Crippen LogP contribution in [0.1, 0.15) is 43.0 Å². The molecule has 160 valence electrons. The lowest BCUT2D eigenvalue weighted by atomic mass is 10.1. The summed E-state index contributed by atoms with van der Waals surface area (Å²) in [5.74, 6) is -0.0560. The van der Waals surface area contributed by atoms with E-state index in [1.54, 1.807) is 23.9 Å². The Kier molecular flexibility index (Phi) is 6.88. The molecule has 3 aromatic carbocycles. The van der Waals surface area contributed by atoms with Gasteiger partial charge in [0.15, 0.2) is 0 Å². The van der Waals surface area contributed by atoms with Crippen molar-refractivity contribution in [3.05, 3.63) is 70.7 Å². The van der Waals surface area contributed by atoms with Gasteiger partial charge in [0.1, 0.15) is 5.75 Å². The first-order valence-electron chi connectivity index (χ1n) is 10.4. The van der Waals surface area contributed by atoms with E-state index in [2.05, 4.69) is 52.0 Å². The number of hydrogen-bond acceptors (Lipinski definition) is 4. The molecule has 0 atom stereocenters. The van der Waals surface area contributed by atoms with Gasteiger partial charge < -0.3 is 14.7 Å². The predicted molar refractivity (Wildman–Crippen MR) is 130 cm³/mol. The van der Waals surface area contributed by atoms with Crippen LogP contribution in [-0.2, 0) is 0 Å². The summed E-state index contributed by atoms with van der Waals surface area (Å²) in [4.78, 5) is 15.6. The summed E-state index contributed by atoms with van der Waals surface area (Å²) >= 11 is 5.14. The molecule has 4 rings (SSSR count). The van der Waals surface area contributed by atoms with Gasteiger partial charge in [-0.15, -0.1) is 0 Å². The van der Waals surface area contributed by atoms with Gasteiger partial charge in [0.05, 0.1) is 23.5 Å². The van der Waals surface area contributed by atoms with Crippen LogP contribution in [0.2, 0.25) is 0 Å². The number of carboxylic acid groups (broad SMARTS) is 1. The first-order valence-corrected chi connectivity index (χ1v) is 12.1. The minimum absolute atomic E-state index is 0.288. The number of aromatic carboxylic acids is 1. The summed E-state index contributed by atoms with van der Waals surface area (Å²) in [5.41, 5.74) is 3.33. The van der Waals surface area contributed by atoms with Gasteiger partial charge >= 0.3 is 5.97 Å². The van der Waals surface area contributed by atoms with Crippen molar-refractivity contribution in [1.29, 1.82) is 0 Å². The van der Waals surface area contributed by atoms with Crippen molar-refractivity contribution >= 4 is 50.7 Å². The lowest BCUT2D eigenvalue weighted by molar-refractivity contribution is 0.0696. The molecule has 0 aromatic heterocycles. The van der Waals surface area contributed by atoms with Gasteiger partial charge in [-0.05, 0) is 67.1 Å². The van der Waals surface area contributed by atoms with Crippen LogP contribution in [0, 0.1) is 0 Å². The average molecular weight is 498 g/mol. The number of carbonyl (C=O) groups is 1. The second-order valence-electron chi connectivity index (χ2n) is 7.44. The molecule has 0 amide bonds. The molecule has 3 aromatic rings. The monoisotopic (exact) mass is 497 g/mol. The normalized spacial score (nSPS) is 12.3. The van der Waals surface area contributed by atoms with Crippen molar-refractivity contribution < 1.29 is 14.6 Å². The number of ether oxygens (including phenoxy) is 1. The van der Waals surface area contributed by atoms with Crippen LogP contribution < -0.4 is 9.64 Å².